The molecule has 0 bridgehead atoms. The lowest BCUT2D eigenvalue weighted by Gasteiger charge is -2.24. The van der Waals surface area contributed by atoms with Gasteiger partial charge >= 0.3 is 12.4 Å². The summed E-state index contributed by atoms with van der Waals surface area (Å²) in [5, 5.41) is 0. The van der Waals surface area contributed by atoms with E-state index in [-0.39, 0.29) is 23.5 Å². The maximum atomic E-state index is 13.0. The van der Waals surface area contributed by atoms with Gasteiger partial charge in [0.05, 0.1) is 17.2 Å². The summed E-state index contributed by atoms with van der Waals surface area (Å²) in [7, 11) is 0. The fourth-order valence-electron chi connectivity index (χ4n) is 3.73. The third-order valence-corrected chi connectivity index (χ3v) is 5.72. The molecule has 0 N–H and O–H groups in total. The second-order valence-electron chi connectivity index (χ2n) is 9.21. The standard InChI is InChI=1S/C16H21F3O.C10H10F4/c1-11(2)12-8-13(16(17,18)19)10-15(9-12)20-14-6-4-3-5-7-14;1-6(2)8-5-7(10(12,13)14)3-4-9(8)11/h8-11,14H,3-7H2,1-2H3;3-6H,1-2H3. The highest BCUT2D eigenvalue weighted by Gasteiger charge is 2.32. The smallest absolute Gasteiger partial charge is 0.416 e. The van der Waals surface area contributed by atoms with Crippen LogP contribution >= 0.6 is 0 Å². The summed E-state index contributed by atoms with van der Waals surface area (Å²) in [6.45, 7) is 7.08. The zero-order valence-electron chi connectivity index (χ0n) is 19.8. The second kappa shape index (κ2) is 11.5. The Balaban J connectivity index is 0.000000257. The van der Waals surface area contributed by atoms with E-state index in [9.17, 15) is 30.7 Å². The van der Waals surface area contributed by atoms with Crippen LogP contribution in [0.2, 0.25) is 0 Å². The maximum absolute atomic E-state index is 13.0. The van der Waals surface area contributed by atoms with Crippen molar-refractivity contribution in [3.8, 4) is 5.75 Å². The Kier molecular flexibility index (Phi) is 9.43. The molecule has 0 aliphatic heterocycles. The lowest BCUT2D eigenvalue weighted by atomic mass is 9.97. The quantitative estimate of drug-likeness (QED) is 0.386. The average molecular weight is 493 g/mol. The molecule has 0 atom stereocenters. The third-order valence-electron chi connectivity index (χ3n) is 5.72. The Morgan fingerprint density at radius 2 is 1.32 bits per heavy atom. The van der Waals surface area contributed by atoms with E-state index < -0.39 is 29.3 Å². The van der Waals surface area contributed by atoms with Gasteiger partial charge in [0.2, 0.25) is 0 Å². The van der Waals surface area contributed by atoms with Gasteiger partial charge in [-0.15, -0.1) is 0 Å². The second-order valence-corrected chi connectivity index (χ2v) is 9.21. The number of ether oxygens (including phenoxy) is 1. The molecule has 1 fully saturated rings. The van der Waals surface area contributed by atoms with Crippen LogP contribution in [0.4, 0.5) is 30.7 Å². The molecule has 0 aromatic heterocycles. The summed E-state index contributed by atoms with van der Waals surface area (Å²) in [5.41, 5.74) is -0.650. The first-order valence-corrected chi connectivity index (χ1v) is 11.4. The van der Waals surface area contributed by atoms with Crippen molar-refractivity contribution >= 4 is 0 Å². The molecule has 0 saturated heterocycles. The minimum atomic E-state index is -4.41. The van der Waals surface area contributed by atoms with Crippen molar-refractivity contribution in [2.75, 3.05) is 0 Å². The lowest BCUT2D eigenvalue weighted by molar-refractivity contribution is -0.138. The van der Waals surface area contributed by atoms with Gasteiger partial charge in [-0.2, -0.15) is 26.3 Å². The van der Waals surface area contributed by atoms with Gasteiger partial charge in [-0.3, -0.25) is 0 Å². The van der Waals surface area contributed by atoms with Crippen LogP contribution in [0.5, 0.6) is 5.75 Å². The van der Waals surface area contributed by atoms with Crippen molar-refractivity contribution in [1.82, 2.24) is 0 Å². The van der Waals surface area contributed by atoms with Crippen LogP contribution in [0, 0.1) is 5.82 Å². The van der Waals surface area contributed by atoms with Crippen LogP contribution in [0.15, 0.2) is 36.4 Å². The zero-order chi connectivity index (χ0) is 25.7. The van der Waals surface area contributed by atoms with Gasteiger partial charge in [0, 0.05) is 0 Å². The van der Waals surface area contributed by atoms with Gasteiger partial charge in [-0.05, 0) is 85.0 Å². The van der Waals surface area contributed by atoms with Gasteiger partial charge in [-0.25, -0.2) is 4.39 Å². The summed E-state index contributed by atoms with van der Waals surface area (Å²) in [4.78, 5) is 0. The van der Waals surface area contributed by atoms with E-state index in [1.54, 1.807) is 19.9 Å². The largest absolute Gasteiger partial charge is 0.490 e. The third kappa shape index (κ3) is 8.20. The van der Waals surface area contributed by atoms with Gasteiger partial charge in [-0.1, -0.05) is 34.1 Å². The summed E-state index contributed by atoms with van der Waals surface area (Å²) in [6.07, 6.45) is -3.40. The van der Waals surface area contributed by atoms with Crippen molar-refractivity contribution in [3.63, 3.8) is 0 Å². The molecule has 1 aliphatic carbocycles. The van der Waals surface area contributed by atoms with E-state index >= 15 is 0 Å². The summed E-state index contributed by atoms with van der Waals surface area (Å²) < 4.78 is 94.3. The molecule has 8 heteroatoms. The Morgan fingerprint density at radius 1 is 0.735 bits per heavy atom. The normalized spacial score (nSPS) is 15.3. The van der Waals surface area contributed by atoms with Crippen LogP contribution < -0.4 is 4.74 Å². The molecular weight excluding hydrogens is 461 g/mol. The molecule has 0 spiro atoms. The highest BCUT2D eigenvalue weighted by Crippen LogP contribution is 2.36. The number of hydrogen-bond acceptors (Lipinski definition) is 1. The molecule has 1 saturated carbocycles. The molecule has 2 aromatic rings. The molecule has 34 heavy (non-hydrogen) atoms. The van der Waals surface area contributed by atoms with Crippen LogP contribution in [-0.2, 0) is 12.4 Å². The fourth-order valence-corrected chi connectivity index (χ4v) is 3.73. The number of alkyl halides is 6. The Labute approximate surface area is 196 Å². The van der Waals surface area contributed by atoms with E-state index in [2.05, 4.69) is 0 Å². The average Bonchev–Trinajstić information content (AvgIpc) is 2.73. The monoisotopic (exact) mass is 492 g/mol. The Morgan fingerprint density at radius 3 is 1.82 bits per heavy atom. The Hall–Kier alpha value is -2.25. The predicted molar refractivity (Wildman–Crippen MR) is 119 cm³/mol. The van der Waals surface area contributed by atoms with Crippen molar-refractivity contribution in [1.29, 1.82) is 0 Å². The van der Waals surface area contributed by atoms with E-state index in [0.717, 1.165) is 49.9 Å². The predicted octanol–water partition coefficient (Wildman–Crippen LogP) is 9.51. The molecular formula is C26H31F7O. The summed E-state index contributed by atoms with van der Waals surface area (Å²) in [6, 6.07) is 6.56. The van der Waals surface area contributed by atoms with Crippen LogP contribution in [0.3, 0.4) is 0 Å². The molecule has 0 radical (unpaired) electrons. The molecule has 1 nitrogen and oxygen atoms in total. The fraction of sp³-hybridized carbons (Fsp3) is 0.538. The summed E-state index contributed by atoms with van der Waals surface area (Å²) in [5.74, 6) is -0.438. The van der Waals surface area contributed by atoms with Crippen molar-refractivity contribution in [2.45, 2.75) is 90.1 Å². The van der Waals surface area contributed by atoms with Crippen molar-refractivity contribution < 1.29 is 35.5 Å². The molecule has 0 amide bonds. The van der Waals surface area contributed by atoms with Crippen LogP contribution in [0.1, 0.15) is 93.9 Å². The highest BCUT2D eigenvalue weighted by atomic mass is 19.4. The van der Waals surface area contributed by atoms with Gasteiger partial charge in [0.1, 0.15) is 11.6 Å². The first kappa shape index (κ1) is 28.0. The van der Waals surface area contributed by atoms with E-state index in [1.165, 1.54) is 12.5 Å². The maximum Gasteiger partial charge on any atom is 0.416 e. The van der Waals surface area contributed by atoms with Gasteiger partial charge in [0.25, 0.3) is 0 Å². The first-order valence-electron chi connectivity index (χ1n) is 11.4. The molecule has 0 unspecified atom stereocenters. The highest BCUT2D eigenvalue weighted by molar-refractivity contribution is 5.37. The molecule has 190 valence electrons. The number of rotatable bonds is 4. The summed E-state index contributed by atoms with van der Waals surface area (Å²) >= 11 is 0. The van der Waals surface area contributed by atoms with Crippen LogP contribution in [-0.4, -0.2) is 6.10 Å². The molecule has 0 heterocycles. The Bertz CT molecular complexity index is 924. The number of benzene rings is 2. The van der Waals surface area contributed by atoms with Crippen molar-refractivity contribution in [2.24, 2.45) is 0 Å². The zero-order valence-corrected chi connectivity index (χ0v) is 19.8. The van der Waals surface area contributed by atoms with E-state index in [0.29, 0.717) is 11.3 Å². The molecule has 3 rings (SSSR count). The SMILES string of the molecule is CC(C)c1cc(C(F)(F)F)ccc1F.CC(C)c1cc(OC2CCCCC2)cc(C(F)(F)F)c1. The van der Waals surface area contributed by atoms with Gasteiger partial charge in [0.15, 0.2) is 0 Å². The van der Waals surface area contributed by atoms with Gasteiger partial charge < -0.3 is 4.74 Å². The van der Waals surface area contributed by atoms with E-state index in [1.807, 2.05) is 13.8 Å². The van der Waals surface area contributed by atoms with Crippen LogP contribution in [0.25, 0.3) is 0 Å². The minimum Gasteiger partial charge on any atom is -0.490 e. The molecule has 1 aliphatic rings. The first-order chi connectivity index (χ1) is 15.7. The number of halogens is 7. The van der Waals surface area contributed by atoms with E-state index in [4.69, 9.17) is 4.74 Å². The topological polar surface area (TPSA) is 9.23 Å². The van der Waals surface area contributed by atoms with Crippen molar-refractivity contribution in [3.05, 3.63) is 64.5 Å². The minimum absolute atomic E-state index is 0.0472. The number of hydrogen-bond donors (Lipinski definition) is 0. The lowest BCUT2D eigenvalue weighted by Crippen LogP contribution is -2.20. The molecule has 2 aromatic carbocycles.